The standard InChI is InChI=1S/C74H141N3O21S/c1-3-5-7-9-11-13-15-17-19-21-23-25-27-33-72(82)97-39-29-31-67(98-73(83)34-28-26-24-22-20-18-16-14-12-10-8-6-4-2)64-99-65-68(75)74(84)77-69(63-78)70(80)32-30-38-85-41-43-87-45-47-89-49-51-91-53-55-93-57-59-95-61-62-96-60-58-94-56-54-92-52-50-90-48-46-88-44-42-86-40-37-66(79)35-36-71(76)81/h67-69,78H,3-65,75H2,1-2H3,(H2,76,81)(H,77,84)/t67-,68+,69+/m1/s1. The SMILES string of the molecule is CCCCCCCCCCCCCCCC(=O)OCCC[C@H](CSC[C@H](N)C(=O)N[C@@H](CO)C(=O)CCCOCCOCCOCCOCCOCCOCCOCCOCCOCCOCCOCCOCCC(=O)CCC(N)=O)OC(=O)CCCCCCCCCCCCCCC. The van der Waals surface area contributed by atoms with Crippen LogP contribution >= 0.6 is 11.8 Å². The van der Waals surface area contributed by atoms with Gasteiger partial charge < -0.3 is 88.2 Å². The molecule has 0 heterocycles. The molecule has 0 aromatic rings. The predicted molar refractivity (Wildman–Crippen MR) is 387 cm³/mol. The molecule has 6 N–H and O–H groups in total. The molecular formula is C74H141N3O21S. The highest BCUT2D eigenvalue weighted by molar-refractivity contribution is 7.99. The molecule has 99 heavy (non-hydrogen) atoms. The molecule has 0 aromatic heterocycles. The highest BCUT2D eigenvalue weighted by atomic mass is 32.2. The molecule has 0 fully saturated rings. The van der Waals surface area contributed by atoms with E-state index >= 15 is 0 Å². The van der Waals surface area contributed by atoms with Crippen LogP contribution in [0.1, 0.15) is 239 Å². The summed E-state index contributed by atoms with van der Waals surface area (Å²) in [6, 6.07) is -2.06. The van der Waals surface area contributed by atoms with Crippen LogP contribution in [0, 0.1) is 0 Å². The van der Waals surface area contributed by atoms with Crippen LogP contribution in [0.3, 0.4) is 0 Å². The number of unbranched alkanes of at least 4 members (excludes halogenated alkanes) is 24. The van der Waals surface area contributed by atoms with E-state index in [0.717, 1.165) is 38.5 Å². The monoisotopic (exact) mass is 1440 g/mol. The number of amides is 2. The summed E-state index contributed by atoms with van der Waals surface area (Å²) in [4.78, 5) is 73.8. The third-order valence-electron chi connectivity index (χ3n) is 16.0. The molecule has 0 bridgehead atoms. The van der Waals surface area contributed by atoms with Crippen molar-refractivity contribution in [2.75, 3.05) is 183 Å². The van der Waals surface area contributed by atoms with Gasteiger partial charge in [-0.15, -0.1) is 0 Å². The van der Waals surface area contributed by atoms with E-state index < -0.39 is 36.6 Å². The number of nitrogens with one attached hydrogen (secondary N) is 1. The molecule has 0 aliphatic rings. The molecule has 0 aromatic carbocycles. The van der Waals surface area contributed by atoms with Crippen molar-refractivity contribution in [3.05, 3.63) is 0 Å². The van der Waals surface area contributed by atoms with Gasteiger partial charge >= 0.3 is 11.9 Å². The summed E-state index contributed by atoms with van der Waals surface area (Å²) < 4.78 is 77.6. The summed E-state index contributed by atoms with van der Waals surface area (Å²) >= 11 is 1.38. The zero-order chi connectivity index (χ0) is 72.1. The molecule has 0 spiro atoms. The number of carbonyl (C=O) groups excluding carboxylic acids is 6. The summed E-state index contributed by atoms with van der Waals surface area (Å²) in [7, 11) is 0. The molecule has 0 rings (SSSR count). The fourth-order valence-electron chi connectivity index (χ4n) is 10.1. The lowest BCUT2D eigenvalue weighted by Gasteiger charge is -2.20. The van der Waals surface area contributed by atoms with Crippen molar-refractivity contribution in [1.29, 1.82) is 0 Å². The second-order valence-electron chi connectivity index (χ2n) is 25.0. The highest BCUT2D eigenvalue weighted by Crippen LogP contribution is 2.18. The lowest BCUT2D eigenvalue weighted by atomic mass is 10.0. The Balaban J connectivity index is 4.06. The van der Waals surface area contributed by atoms with Gasteiger partial charge in [0.15, 0.2) is 5.78 Å². The lowest BCUT2D eigenvalue weighted by molar-refractivity contribution is -0.149. The molecule has 0 saturated carbocycles. The van der Waals surface area contributed by atoms with Gasteiger partial charge in [-0.1, -0.05) is 168 Å². The Kier molecular flexibility index (Phi) is 76.7. The Morgan fingerprint density at radius 3 is 1.04 bits per heavy atom. The van der Waals surface area contributed by atoms with Crippen molar-refractivity contribution in [3.63, 3.8) is 0 Å². The van der Waals surface area contributed by atoms with Crippen LogP contribution < -0.4 is 16.8 Å². The maximum Gasteiger partial charge on any atom is 0.306 e. The summed E-state index contributed by atoms with van der Waals surface area (Å²) in [5.41, 5.74) is 11.3. The Labute approximate surface area is 601 Å². The Hall–Kier alpha value is -2.99. The molecule has 24 nitrogen and oxygen atoms in total. The summed E-state index contributed by atoms with van der Waals surface area (Å²) in [6.45, 7) is 14.1. The number of carbonyl (C=O) groups is 6. The maximum atomic E-state index is 13.1. The topological polar surface area (TPSA) is 316 Å². The van der Waals surface area contributed by atoms with Gasteiger partial charge in [0.05, 0.1) is 171 Å². The quantitative estimate of drug-likeness (QED) is 0.0325. The minimum absolute atomic E-state index is 0.0485. The van der Waals surface area contributed by atoms with E-state index in [2.05, 4.69) is 19.2 Å². The van der Waals surface area contributed by atoms with Gasteiger partial charge in [0.2, 0.25) is 11.8 Å². The van der Waals surface area contributed by atoms with Gasteiger partial charge in [-0.2, -0.15) is 11.8 Å². The second-order valence-corrected chi connectivity index (χ2v) is 26.1. The number of ether oxygens (including phenoxy) is 14. The van der Waals surface area contributed by atoms with Crippen LogP contribution in [0.4, 0.5) is 0 Å². The van der Waals surface area contributed by atoms with Crippen LogP contribution in [-0.4, -0.2) is 242 Å². The molecule has 0 saturated heterocycles. The van der Waals surface area contributed by atoms with Crippen molar-refractivity contribution >= 4 is 47.1 Å². The van der Waals surface area contributed by atoms with Crippen molar-refractivity contribution < 1.29 is 100 Å². The molecule has 0 aliphatic heterocycles. The van der Waals surface area contributed by atoms with Crippen LogP contribution in [0.2, 0.25) is 0 Å². The molecule has 584 valence electrons. The second kappa shape index (κ2) is 79.1. The Bertz CT molecular complexity index is 1800. The van der Waals surface area contributed by atoms with E-state index in [0.29, 0.717) is 196 Å². The van der Waals surface area contributed by atoms with E-state index in [1.807, 2.05) is 0 Å². The van der Waals surface area contributed by atoms with E-state index in [-0.39, 0.29) is 61.5 Å². The number of nitrogens with two attached hydrogens (primary N) is 2. The van der Waals surface area contributed by atoms with Crippen LogP contribution in [0.15, 0.2) is 0 Å². The van der Waals surface area contributed by atoms with Crippen LogP contribution in [0.5, 0.6) is 0 Å². The van der Waals surface area contributed by atoms with E-state index in [9.17, 15) is 33.9 Å². The molecular weight excluding hydrogens is 1300 g/mol. The number of aliphatic hydroxyl groups is 1. The molecule has 0 radical (unpaired) electrons. The number of hydrogen-bond acceptors (Lipinski definition) is 23. The van der Waals surface area contributed by atoms with Crippen molar-refractivity contribution in [3.8, 4) is 0 Å². The molecule has 25 heteroatoms. The summed E-state index contributed by atoms with van der Waals surface area (Å²) in [6.07, 6.45) is 34.3. The Morgan fingerprint density at radius 1 is 0.354 bits per heavy atom. The molecule has 2 amide bonds. The Morgan fingerprint density at radius 2 is 0.687 bits per heavy atom. The fourth-order valence-corrected chi connectivity index (χ4v) is 11.1. The largest absolute Gasteiger partial charge is 0.466 e. The number of aliphatic hydroxyl groups excluding tert-OH is 1. The summed E-state index contributed by atoms with van der Waals surface area (Å²) in [5, 5.41) is 12.6. The smallest absolute Gasteiger partial charge is 0.306 e. The van der Waals surface area contributed by atoms with Crippen LogP contribution in [0.25, 0.3) is 0 Å². The van der Waals surface area contributed by atoms with E-state index in [1.165, 1.54) is 140 Å². The number of hydrogen-bond donors (Lipinski definition) is 4. The van der Waals surface area contributed by atoms with Gasteiger partial charge in [0.25, 0.3) is 0 Å². The minimum Gasteiger partial charge on any atom is -0.466 e. The number of rotatable bonds is 84. The molecule has 3 atom stereocenters. The van der Waals surface area contributed by atoms with Crippen LogP contribution in [-0.2, 0) is 95.1 Å². The third kappa shape index (κ3) is 74.5. The number of thioether (sulfide) groups is 1. The van der Waals surface area contributed by atoms with E-state index in [4.69, 9.17) is 77.8 Å². The summed E-state index contributed by atoms with van der Waals surface area (Å²) in [5.74, 6) is -1.25. The zero-order valence-corrected chi connectivity index (χ0v) is 62.8. The van der Waals surface area contributed by atoms with Crippen molar-refractivity contribution in [1.82, 2.24) is 5.32 Å². The first-order valence-corrected chi connectivity index (χ1v) is 39.5. The first-order chi connectivity index (χ1) is 48.5. The number of Topliss-reactive ketones (excluding diaryl/α,β-unsaturated/α-hetero) is 2. The van der Waals surface area contributed by atoms with Gasteiger partial charge in [-0.25, -0.2) is 0 Å². The third-order valence-corrected chi connectivity index (χ3v) is 17.2. The molecule has 0 aliphatic carbocycles. The fraction of sp³-hybridized carbons (Fsp3) is 0.919. The predicted octanol–water partition coefficient (Wildman–Crippen LogP) is 10.5. The normalized spacial score (nSPS) is 12.4. The van der Waals surface area contributed by atoms with E-state index in [1.54, 1.807) is 0 Å². The first kappa shape index (κ1) is 96.0. The average Bonchev–Trinajstić information content (AvgIpc) is 1.14. The van der Waals surface area contributed by atoms with Crippen molar-refractivity contribution in [2.24, 2.45) is 11.5 Å². The minimum atomic E-state index is -1.09. The van der Waals surface area contributed by atoms with Gasteiger partial charge in [0, 0.05) is 56.6 Å². The number of esters is 2. The van der Waals surface area contributed by atoms with Crippen molar-refractivity contribution in [2.45, 2.75) is 257 Å². The van der Waals surface area contributed by atoms with Gasteiger partial charge in [-0.3, -0.25) is 28.8 Å². The molecule has 0 unspecified atom stereocenters. The maximum absolute atomic E-state index is 13.1. The number of primary amides is 1. The van der Waals surface area contributed by atoms with Gasteiger partial charge in [0.1, 0.15) is 17.9 Å². The number of ketones is 2. The highest BCUT2D eigenvalue weighted by Gasteiger charge is 2.24. The first-order valence-electron chi connectivity index (χ1n) is 38.4. The average molecular weight is 1440 g/mol. The lowest BCUT2D eigenvalue weighted by Crippen LogP contribution is -2.50. The zero-order valence-electron chi connectivity index (χ0n) is 62.0. The van der Waals surface area contributed by atoms with Gasteiger partial charge in [-0.05, 0) is 32.1 Å².